The van der Waals surface area contributed by atoms with Gasteiger partial charge in [-0.1, -0.05) is 18.5 Å². The van der Waals surface area contributed by atoms with E-state index in [2.05, 4.69) is 30.2 Å². The van der Waals surface area contributed by atoms with Crippen molar-refractivity contribution in [2.75, 3.05) is 11.0 Å². The highest BCUT2D eigenvalue weighted by atomic mass is 35.5. The molecule has 2 N–H and O–H groups in total. The minimum absolute atomic E-state index is 0.0179. The van der Waals surface area contributed by atoms with Gasteiger partial charge in [0.2, 0.25) is 5.91 Å². The Morgan fingerprint density at radius 1 is 1.03 bits per heavy atom. The molecule has 0 saturated carbocycles. The molecule has 3 atom stereocenters. The van der Waals surface area contributed by atoms with E-state index in [4.69, 9.17) is 16.6 Å². The number of benzene rings is 2. The van der Waals surface area contributed by atoms with Gasteiger partial charge in [-0.3, -0.25) is 28.2 Å². The quantitative estimate of drug-likeness (QED) is 0.143. The first-order valence-corrected chi connectivity index (χ1v) is 19.5. The van der Waals surface area contributed by atoms with Crippen LogP contribution >= 0.6 is 11.6 Å². The Labute approximate surface area is 333 Å². The average molecular weight is 847 g/mol. The summed E-state index contributed by atoms with van der Waals surface area (Å²) in [5.41, 5.74) is -1.52. The van der Waals surface area contributed by atoms with Gasteiger partial charge in [0.15, 0.2) is 11.6 Å². The number of fused-ring (bicyclic) bond motifs is 2. The van der Waals surface area contributed by atoms with Gasteiger partial charge in [0.25, 0.3) is 17.9 Å². The van der Waals surface area contributed by atoms with Crippen LogP contribution in [0, 0.1) is 31.4 Å². The van der Waals surface area contributed by atoms with Crippen LogP contribution in [0.15, 0.2) is 47.3 Å². The van der Waals surface area contributed by atoms with E-state index in [0.717, 1.165) is 22.8 Å². The molecule has 21 heteroatoms. The average Bonchev–Trinajstić information content (AvgIpc) is 3.71. The molecular formula is C37H33ClF6N10O3S. The van der Waals surface area contributed by atoms with Crippen LogP contribution in [-0.4, -0.2) is 55.5 Å². The molecule has 0 spiro atoms. The fourth-order valence-corrected chi connectivity index (χ4v) is 7.93. The summed E-state index contributed by atoms with van der Waals surface area (Å²) in [6, 6.07) is 6.84. The Balaban J connectivity index is 1.45. The van der Waals surface area contributed by atoms with Gasteiger partial charge >= 0.3 is 0 Å². The molecule has 0 saturated heterocycles. The standard InChI is InChI=1S/C37H33ClF6N10O3S/c1-16-8-22-30(33(41)42)49-53(32(22)37(16,43)44)15-27(55)47-25(12-19-10-20(39)13-21(40)11-19)36-48-24(34-45-17(2)9-18(3)46-34)14-28(56)54(36)26-7-6-23(38)29-31(26)52(4)50-35(29)51-58(5)57/h6-7,9-11,13-14,16,25,33H,8,12,15H2,1-5H3,(H,47,55)(H,50,51). The van der Waals surface area contributed by atoms with Crippen LogP contribution in [0.3, 0.4) is 0 Å². The van der Waals surface area contributed by atoms with Crippen LogP contribution in [0.5, 0.6) is 0 Å². The number of hydrogen-bond acceptors (Lipinski definition) is 8. The Bertz CT molecular complexity index is 2680. The minimum atomic E-state index is -3.60. The minimum Gasteiger partial charge on any atom is -0.344 e. The molecule has 13 nitrogen and oxygen atoms in total. The number of halogens is 7. The maximum Gasteiger partial charge on any atom is 0.292 e. The fourth-order valence-electron chi connectivity index (χ4n) is 7.27. The topological polar surface area (TPSA) is 155 Å². The lowest BCUT2D eigenvalue weighted by atomic mass is 10.0. The van der Waals surface area contributed by atoms with Crippen molar-refractivity contribution >= 4 is 45.2 Å². The van der Waals surface area contributed by atoms with Crippen molar-refractivity contribution in [2.45, 2.75) is 58.5 Å². The summed E-state index contributed by atoms with van der Waals surface area (Å²) < 4.78 is 106. The van der Waals surface area contributed by atoms with Crippen LogP contribution in [0.25, 0.3) is 28.1 Å². The van der Waals surface area contributed by atoms with Crippen molar-refractivity contribution in [2.24, 2.45) is 13.0 Å². The second-order valence-corrected chi connectivity index (χ2v) is 15.5. The van der Waals surface area contributed by atoms with Crippen LogP contribution in [-0.2, 0) is 48.1 Å². The number of aryl methyl sites for hydroxylation is 3. The highest BCUT2D eigenvalue weighted by molar-refractivity contribution is 7.85. The molecule has 58 heavy (non-hydrogen) atoms. The van der Waals surface area contributed by atoms with E-state index in [1.807, 2.05) is 0 Å². The number of aromatic nitrogens is 8. The monoisotopic (exact) mass is 846 g/mol. The molecule has 304 valence electrons. The van der Waals surface area contributed by atoms with Crippen LogP contribution in [0.2, 0.25) is 5.02 Å². The molecule has 1 aliphatic carbocycles. The summed E-state index contributed by atoms with van der Waals surface area (Å²) in [6.07, 6.45) is -2.68. The summed E-state index contributed by atoms with van der Waals surface area (Å²) in [6.45, 7) is 3.60. The second kappa shape index (κ2) is 15.3. The third-order valence-corrected chi connectivity index (χ3v) is 10.4. The largest absolute Gasteiger partial charge is 0.344 e. The summed E-state index contributed by atoms with van der Waals surface area (Å²) in [4.78, 5) is 42.1. The number of amides is 1. The van der Waals surface area contributed by atoms with Crippen molar-refractivity contribution in [1.82, 2.24) is 44.4 Å². The first-order valence-electron chi connectivity index (χ1n) is 17.5. The highest BCUT2D eigenvalue weighted by Crippen LogP contribution is 2.48. The zero-order valence-electron chi connectivity index (χ0n) is 31.3. The van der Waals surface area contributed by atoms with Gasteiger partial charge in [-0.25, -0.2) is 36.7 Å². The van der Waals surface area contributed by atoms with Gasteiger partial charge in [-0.2, -0.15) is 19.0 Å². The molecule has 0 bridgehead atoms. The molecule has 1 amide bonds. The van der Waals surface area contributed by atoms with Crippen molar-refractivity contribution < 1.29 is 35.3 Å². The number of rotatable bonds is 11. The van der Waals surface area contributed by atoms with Crippen molar-refractivity contribution in [3.63, 3.8) is 0 Å². The molecule has 4 aromatic heterocycles. The third kappa shape index (κ3) is 7.57. The third-order valence-electron chi connectivity index (χ3n) is 9.59. The summed E-state index contributed by atoms with van der Waals surface area (Å²) in [5.74, 6) is -8.05. The molecule has 3 unspecified atom stereocenters. The van der Waals surface area contributed by atoms with Gasteiger partial charge in [0.05, 0.1) is 27.7 Å². The normalized spacial score (nSPS) is 15.8. The van der Waals surface area contributed by atoms with Crippen molar-refractivity contribution in [1.29, 1.82) is 0 Å². The SMILES string of the molecule is Cc1cc(C)nc(-c2cc(=O)n(-c3ccc(Cl)c4c(NS(C)=O)nn(C)c34)c(C(Cc3cc(F)cc(F)c3)NC(=O)Cn3nc(C(F)F)c4c3C(F)(F)C(C)C4)n2)n1. The number of hydrogen-bond donors (Lipinski definition) is 2. The summed E-state index contributed by atoms with van der Waals surface area (Å²) in [7, 11) is -0.0742. The van der Waals surface area contributed by atoms with E-state index in [1.165, 1.54) is 37.0 Å². The smallest absolute Gasteiger partial charge is 0.292 e. The molecule has 0 fully saturated rings. The van der Waals surface area contributed by atoms with Gasteiger partial charge in [0, 0.05) is 54.7 Å². The number of nitrogens with one attached hydrogen (secondary N) is 2. The van der Waals surface area contributed by atoms with Crippen LogP contribution in [0.1, 0.15) is 59.1 Å². The predicted molar refractivity (Wildman–Crippen MR) is 202 cm³/mol. The van der Waals surface area contributed by atoms with E-state index in [-0.39, 0.29) is 55.9 Å². The Hall–Kier alpha value is -5.63. The van der Waals surface area contributed by atoms with Gasteiger partial charge in [-0.15, -0.1) is 0 Å². The summed E-state index contributed by atoms with van der Waals surface area (Å²) in [5, 5.41) is 11.2. The molecule has 1 aliphatic rings. The number of anilines is 1. The lowest BCUT2D eigenvalue weighted by Crippen LogP contribution is -2.38. The number of nitrogens with zero attached hydrogens (tertiary/aromatic N) is 8. The van der Waals surface area contributed by atoms with Gasteiger partial charge in [0.1, 0.15) is 52.1 Å². The zero-order valence-corrected chi connectivity index (χ0v) is 32.8. The van der Waals surface area contributed by atoms with Crippen molar-refractivity contribution in [3.05, 3.63) is 109 Å². The van der Waals surface area contributed by atoms with E-state index in [0.29, 0.717) is 22.1 Å². The molecule has 0 radical (unpaired) electrons. The molecule has 7 rings (SSSR count). The van der Waals surface area contributed by atoms with Crippen LogP contribution < -0.4 is 15.6 Å². The van der Waals surface area contributed by atoms with E-state index in [9.17, 15) is 31.4 Å². The Kier molecular flexibility index (Phi) is 10.7. The molecule has 2 aromatic carbocycles. The number of carbonyl (C=O) groups is 1. The maximum atomic E-state index is 15.4. The van der Waals surface area contributed by atoms with Gasteiger partial charge < -0.3 is 5.32 Å². The lowest BCUT2D eigenvalue weighted by Gasteiger charge is -2.24. The zero-order chi connectivity index (χ0) is 42.0. The molecule has 4 heterocycles. The molecule has 6 aromatic rings. The number of carbonyl (C=O) groups excluding carboxylic acids is 1. The molecule has 0 aliphatic heterocycles. The highest BCUT2D eigenvalue weighted by Gasteiger charge is 2.51. The second-order valence-electron chi connectivity index (χ2n) is 14.0. The lowest BCUT2D eigenvalue weighted by molar-refractivity contribution is -0.123. The Morgan fingerprint density at radius 3 is 2.34 bits per heavy atom. The Morgan fingerprint density at radius 2 is 1.71 bits per heavy atom. The first kappa shape index (κ1) is 40.6. The van der Waals surface area contributed by atoms with Gasteiger partial charge in [-0.05, 0) is 56.2 Å². The fraction of sp³-hybridized carbons (Fsp3) is 0.324. The maximum absolute atomic E-state index is 15.4. The predicted octanol–water partition coefficient (Wildman–Crippen LogP) is 6.35. The van der Waals surface area contributed by atoms with E-state index < -0.39 is 89.2 Å². The van der Waals surface area contributed by atoms with E-state index in [1.54, 1.807) is 19.9 Å². The van der Waals surface area contributed by atoms with Crippen molar-refractivity contribution in [3.8, 4) is 17.2 Å². The summed E-state index contributed by atoms with van der Waals surface area (Å²) >= 11 is 6.62. The first-order chi connectivity index (χ1) is 27.3. The number of alkyl halides is 4. The molecular weight excluding hydrogens is 814 g/mol. The van der Waals surface area contributed by atoms with Crippen LogP contribution in [0.4, 0.5) is 32.2 Å². The van der Waals surface area contributed by atoms with E-state index >= 15 is 8.78 Å².